The Balaban J connectivity index is 2.07. The lowest BCUT2D eigenvalue weighted by atomic mass is 9.95. The van der Waals surface area contributed by atoms with E-state index >= 15 is 0 Å². The molecule has 0 aliphatic heterocycles. The Morgan fingerprint density at radius 2 is 1.87 bits per heavy atom. The van der Waals surface area contributed by atoms with Gasteiger partial charge in [0.2, 0.25) is 0 Å². The summed E-state index contributed by atoms with van der Waals surface area (Å²) in [5.41, 5.74) is -1.38. The fourth-order valence-electron chi connectivity index (χ4n) is 2.12. The fourth-order valence-corrected chi connectivity index (χ4v) is 2.12. The predicted molar refractivity (Wildman–Crippen MR) is 81.3 cm³/mol. The van der Waals surface area contributed by atoms with Crippen LogP contribution >= 0.6 is 0 Å². The fraction of sp³-hybridized carbons (Fsp3) is 0.235. The van der Waals surface area contributed by atoms with Gasteiger partial charge in [0.25, 0.3) is 5.91 Å². The van der Waals surface area contributed by atoms with Gasteiger partial charge in [0, 0.05) is 17.2 Å². The van der Waals surface area contributed by atoms with E-state index in [1.165, 1.54) is 14.0 Å². The van der Waals surface area contributed by atoms with E-state index in [1.54, 1.807) is 24.3 Å². The molecule has 23 heavy (non-hydrogen) atoms. The lowest BCUT2D eigenvalue weighted by molar-refractivity contribution is 0.0494. The quantitative estimate of drug-likeness (QED) is 0.890. The van der Waals surface area contributed by atoms with Gasteiger partial charge in [0.1, 0.15) is 23.0 Å². The van der Waals surface area contributed by atoms with Gasteiger partial charge in [-0.05, 0) is 37.3 Å². The van der Waals surface area contributed by atoms with Crippen molar-refractivity contribution in [2.24, 2.45) is 0 Å². The second-order valence-electron chi connectivity index (χ2n) is 5.31. The summed E-state index contributed by atoms with van der Waals surface area (Å²) in [5, 5.41) is 12.9. The van der Waals surface area contributed by atoms with Crippen LogP contribution in [-0.2, 0) is 5.60 Å². The van der Waals surface area contributed by atoms with Gasteiger partial charge in [-0.2, -0.15) is 0 Å². The normalized spacial score (nSPS) is 13.3. The van der Waals surface area contributed by atoms with Crippen molar-refractivity contribution in [2.75, 3.05) is 13.7 Å². The number of halogens is 2. The number of benzene rings is 2. The molecule has 0 saturated carbocycles. The molecule has 2 rings (SSSR count). The van der Waals surface area contributed by atoms with Gasteiger partial charge in [-0.1, -0.05) is 6.07 Å². The molecular formula is C17H17F2NO3. The van der Waals surface area contributed by atoms with Gasteiger partial charge in [-0.15, -0.1) is 0 Å². The SMILES string of the molecule is COc1ccc(C(=O)NCC(C)(O)c2ccc(F)cc2F)cc1. The molecular weight excluding hydrogens is 304 g/mol. The molecule has 0 saturated heterocycles. The Morgan fingerprint density at radius 3 is 2.43 bits per heavy atom. The van der Waals surface area contributed by atoms with E-state index in [-0.39, 0.29) is 12.1 Å². The monoisotopic (exact) mass is 321 g/mol. The first kappa shape index (κ1) is 16.9. The number of ether oxygens (including phenoxy) is 1. The van der Waals surface area contributed by atoms with E-state index in [1.807, 2.05) is 0 Å². The predicted octanol–water partition coefficient (Wildman–Crippen LogP) is 2.61. The molecule has 0 spiro atoms. The van der Waals surface area contributed by atoms with Crippen molar-refractivity contribution < 1.29 is 23.4 Å². The summed E-state index contributed by atoms with van der Waals surface area (Å²) in [6.07, 6.45) is 0. The largest absolute Gasteiger partial charge is 0.497 e. The number of amides is 1. The van der Waals surface area contributed by atoms with Crippen molar-refractivity contribution in [3.8, 4) is 5.75 Å². The summed E-state index contributed by atoms with van der Waals surface area (Å²) in [4.78, 5) is 12.0. The average molecular weight is 321 g/mol. The summed E-state index contributed by atoms with van der Waals surface area (Å²) >= 11 is 0. The second-order valence-corrected chi connectivity index (χ2v) is 5.31. The standard InChI is InChI=1S/C17H17F2NO3/c1-17(22,14-8-5-12(18)9-15(14)19)10-20-16(21)11-3-6-13(23-2)7-4-11/h3-9,22H,10H2,1-2H3,(H,20,21). The zero-order valence-electron chi connectivity index (χ0n) is 12.8. The molecule has 0 aliphatic rings. The first-order chi connectivity index (χ1) is 10.8. The smallest absolute Gasteiger partial charge is 0.251 e. The molecule has 2 N–H and O–H groups in total. The highest BCUT2D eigenvalue weighted by atomic mass is 19.1. The Hall–Kier alpha value is -2.47. The molecule has 0 bridgehead atoms. The maximum atomic E-state index is 13.8. The van der Waals surface area contributed by atoms with E-state index in [9.17, 15) is 18.7 Å². The van der Waals surface area contributed by atoms with Gasteiger partial charge >= 0.3 is 0 Å². The van der Waals surface area contributed by atoms with Crippen LogP contribution < -0.4 is 10.1 Å². The molecule has 122 valence electrons. The summed E-state index contributed by atoms with van der Waals surface area (Å²) in [6, 6.07) is 9.31. The van der Waals surface area contributed by atoms with Crippen molar-refractivity contribution >= 4 is 5.91 Å². The summed E-state index contributed by atoms with van der Waals surface area (Å²) in [5.74, 6) is -1.41. The molecule has 1 amide bonds. The molecule has 0 fully saturated rings. The van der Waals surface area contributed by atoms with Crippen molar-refractivity contribution in [2.45, 2.75) is 12.5 Å². The number of rotatable bonds is 5. The number of carbonyl (C=O) groups excluding carboxylic acids is 1. The number of nitrogens with one attached hydrogen (secondary N) is 1. The van der Waals surface area contributed by atoms with Gasteiger partial charge in [0.15, 0.2) is 0 Å². The van der Waals surface area contributed by atoms with E-state index in [0.29, 0.717) is 17.4 Å². The zero-order valence-corrected chi connectivity index (χ0v) is 12.8. The topological polar surface area (TPSA) is 58.6 Å². The van der Waals surface area contributed by atoms with E-state index in [2.05, 4.69) is 5.32 Å². The Labute approximate surface area is 132 Å². The highest BCUT2D eigenvalue weighted by Crippen LogP contribution is 2.23. The third-order valence-electron chi connectivity index (χ3n) is 3.46. The number of hydrogen-bond acceptors (Lipinski definition) is 3. The molecule has 0 aliphatic carbocycles. The van der Waals surface area contributed by atoms with Crippen LogP contribution in [0.1, 0.15) is 22.8 Å². The maximum Gasteiger partial charge on any atom is 0.251 e. The van der Waals surface area contributed by atoms with E-state index < -0.39 is 23.1 Å². The Bertz CT molecular complexity index is 699. The highest BCUT2D eigenvalue weighted by molar-refractivity contribution is 5.94. The second kappa shape index (κ2) is 6.75. The van der Waals surface area contributed by atoms with Crippen LogP contribution in [0, 0.1) is 11.6 Å². The van der Waals surface area contributed by atoms with Crippen LogP contribution in [0.3, 0.4) is 0 Å². The molecule has 0 heterocycles. The number of aliphatic hydroxyl groups is 1. The molecule has 1 unspecified atom stereocenters. The minimum atomic E-state index is -1.67. The van der Waals surface area contributed by atoms with Crippen molar-refractivity contribution in [1.29, 1.82) is 0 Å². The molecule has 4 nitrogen and oxygen atoms in total. The van der Waals surface area contributed by atoms with Gasteiger partial charge in [0.05, 0.1) is 13.7 Å². The molecule has 2 aromatic rings. The van der Waals surface area contributed by atoms with Crippen molar-refractivity contribution in [1.82, 2.24) is 5.32 Å². The summed E-state index contributed by atoms with van der Waals surface area (Å²) in [7, 11) is 1.52. The van der Waals surface area contributed by atoms with Gasteiger partial charge in [-0.3, -0.25) is 4.79 Å². The van der Waals surface area contributed by atoms with Crippen LogP contribution in [0.4, 0.5) is 8.78 Å². The third-order valence-corrected chi connectivity index (χ3v) is 3.46. The summed E-state index contributed by atoms with van der Waals surface area (Å²) < 4.78 is 31.7. The first-order valence-electron chi connectivity index (χ1n) is 6.93. The summed E-state index contributed by atoms with van der Waals surface area (Å²) in [6.45, 7) is 1.12. The van der Waals surface area contributed by atoms with Crippen LogP contribution in [0.25, 0.3) is 0 Å². The number of carbonyl (C=O) groups is 1. The van der Waals surface area contributed by atoms with Crippen molar-refractivity contribution in [3.05, 3.63) is 65.2 Å². The minimum Gasteiger partial charge on any atom is -0.497 e. The first-order valence-corrected chi connectivity index (χ1v) is 6.93. The minimum absolute atomic E-state index is 0.0890. The Morgan fingerprint density at radius 1 is 1.22 bits per heavy atom. The third kappa shape index (κ3) is 4.04. The van der Waals surface area contributed by atoms with Crippen LogP contribution in [0.15, 0.2) is 42.5 Å². The lowest BCUT2D eigenvalue weighted by Gasteiger charge is -2.24. The maximum absolute atomic E-state index is 13.8. The molecule has 1 atom stereocenters. The van der Waals surface area contributed by atoms with Gasteiger partial charge in [-0.25, -0.2) is 8.78 Å². The Kier molecular flexibility index (Phi) is 4.95. The highest BCUT2D eigenvalue weighted by Gasteiger charge is 2.27. The average Bonchev–Trinajstić information content (AvgIpc) is 2.52. The molecule has 6 heteroatoms. The molecule has 0 aromatic heterocycles. The van der Waals surface area contributed by atoms with Crippen LogP contribution in [0.5, 0.6) is 5.75 Å². The van der Waals surface area contributed by atoms with Crippen molar-refractivity contribution in [3.63, 3.8) is 0 Å². The number of hydrogen-bond donors (Lipinski definition) is 2. The zero-order chi connectivity index (χ0) is 17.0. The number of methoxy groups -OCH3 is 1. The van der Waals surface area contributed by atoms with Crippen LogP contribution in [-0.4, -0.2) is 24.7 Å². The van der Waals surface area contributed by atoms with Gasteiger partial charge < -0.3 is 15.2 Å². The van der Waals surface area contributed by atoms with Crippen LogP contribution in [0.2, 0.25) is 0 Å². The van der Waals surface area contributed by atoms with E-state index in [0.717, 1.165) is 12.1 Å². The molecule has 0 radical (unpaired) electrons. The van der Waals surface area contributed by atoms with E-state index in [4.69, 9.17) is 4.74 Å². The molecule has 2 aromatic carbocycles. The lowest BCUT2D eigenvalue weighted by Crippen LogP contribution is -2.39.